The first-order valence-electron chi connectivity index (χ1n) is 7.00. The summed E-state index contributed by atoms with van der Waals surface area (Å²) in [5.41, 5.74) is 0.396. The normalized spacial score (nSPS) is 19.1. The Labute approximate surface area is 112 Å². The molecule has 0 aromatic heterocycles. The standard InChI is InChI=1S/C16H18F2O/c17-15-13(3-1-2-11-4-5-11)8-9-14(16(15)18)19-10-12-6-7-12/h1-2,8-9,11-12H,3-7,10H2/b2-1+. The van der Waals surface area contributed by atoms with Crippen LogP contribution in [-0.2, 0) is 6.42 Å². The predicted octanol–water partition coefficient (Wildman–Crippen LogP) is 4.26. The molecule has 0 radical (unpaired) electrons. The molecule has 2 aliphatic rings. The summed E-state index contributed by atoms with van der Waals surface area (Å²) >= 11 is 0. The first-order chi connectivity index (χ1) is 9.24. The molecule has 0 bridgehead atoms. The molecule has 19 heavy (non-hydrogen) atoms. The van der Waals surface area contributed by atoms with Gasteiger partial charge >= 0.3 is 0 Å². The Morgan fingerprint density at radius 3 is 2.58 bits per heavy atom. The van der Waals surface area contributed by atoms with Crippen LogP contribution in [0.15, 0.2) is 24.3 Å². The summed E-state index contributed by atoms with van der Waals surface area (Å²) in [7, 11) is 0. The van der Waals surface area contributed by atoms with Crippen LogP contribution in [0.3, 0.4) is 0 Å². The van der Waals surface area contributed by atoms with Crippen molar-refractivity contribution in [1.82, 2.24) is 0 Å². The summed E-state index contributed by atoms with van der Waals surface area (Å²) in [5, 5.41) is 0. The van der Waals surface area contributed by atoms with E-state index in [0.29, 0.717) is 30.4 Å². The SMILES string of the molecule is Fc1c(C/C=C/C2CC2)ccc(OCC2CC2)c1F. The predicted molar refractivity (Wildman–Crippen MR) is 70.1 cm³/mol. The van der Waals surface area contributed by atoms with Crippen molar-refractivity contribution < 1.29 is 13.5 Å². The number of hydrogen-bond acceptors (Lipinski definition) is 1. The molecule has 0 unspecified atom stereocenters. The fourth-order valence-electron chi connectivity index (χ4n) is 2.01. The molecule has 2 saturated carbocycles. The highest BCUT2D eigenvalue weighted by Crippen LogP contribution is 2.32. The molecule has 1 nitrogen and oxygen atoms in total. The molecule has 2 aliphatic carbocycles. The summed E-state index contributed by atoms with van der Waals surface area (Å²) in [5.74, 6) is -0.385. The molecular formula is C16H18F2O. The molecule has 1 aromatic carbocycles. The van der Waals surface area contributed by atoms with Crippen molar-refractivity contribution >= 4 is 0 Å². The molecule has 1 aromatic rings. The second-order valence-corrected chi connectivity index (χ2v) is 5.57. The Morgan fingerprint density at radius 2 is 1.89 bits per heavy atom. The lowest BCUT2D eigenvalue weighted by Gasteiger charge is -2.09. The third kappa shape index (κ3) is 3.34. The summed E-state index contributed by atoms with van der Waals surface area (Å²) in [6.07, 6.45) is 9.18. The van der Waals surface area contributed by atoms with Crippen LogP contribution in [0.25, 0.3) is 0 Å². The van der Waals surface area contributed by atoms with E-state index in [1.807, 2.05) is 6.08 Å². The van der Waals surface area contributed by atoms with Crippen molar-refractivity contribution in [2.75, 3.05) is 6.61 Å². The van der Waals surface area contributed by atoms with E-state index in [9.17, 15) is 8.78 Å². The first-order valence-corrected chi connectivity index (χ1v) is 7.00. The Balaban J connectivity index is 1.65. The summed E-state index contributed by atoms with van der Waals surface area (Å²) < 4.78 is 33.0. The lowest BCUT2D eigenvalue weighted by atomic mass is 10.1. The molecule has 0 aliphatic heterocycles. The fourth-order valence-corrected chi connectivity index (χ4v) is 2.01. The van der Waals surface area contributed by atoms with Gasteiger partial charge in [-0.15, -0.1) is 0 Å². The molecule has 3 heteroatoms. The smallest absolute Gasteiger partial charge is 0.200 e. The van der Waals surface area contributed by atoms with Crippen molar-refractivity contribution in [3.05, 3.63) is 41.5 Å². The summed E-state index contributed by atoms with van der Waals surface area (Å²) in [6.45, 7) is 0.497. The van der Waals surface area contributed by atoms with E-state index < -0.39 is 11.6 Å². The van der Waals surface area contributed by atoms with Crippen LogP contribution in [0.5, 0.6) is 5.75 Å². The molecule has 2 fully saturated rings. The maximum Gasteiger partial charge on any atom is 0.200 e. The Kier molecular flexibility index (Phi) is 3.54. The Morgan fingerprint density at radius 1 is 1.11 bits per heavy atom. The topological polar surface area (TPSA) is 9.23 Å². The largest absolute Gasteiger partial charge is 0.490 e. The van der Waals surface area contributed by atoms with Gasteiger partial charge < -0.3 is 4.74 Å². The minimum Gasteiger partial charge on any atom is -0.490 e. The highest BCUT2D eigenvalue weighted by Gasteiger charge is 2.23. The van der Waals surface area contributed by atoms with Crippen LogP contribution >= 0.6 is 0 Å². The van der Waals surface area contributed by atoms with Gasteiger partial charge in [0.2, 0.25) is 5.82 Å². The molecule has 0 N–H and O–H groups in total. The number of halogens is 2. The zero-order valence-electron chi connectivity index (χ0n) is 10.9. The molecule has 0 amide bonds. The maximum absolute atomic E-state index is 13.9. The molecule has 0 heterocycles. The van der Waals surface area contributed by atoms with Gasteiger partial charge in [0.25, 0.3) is 0 Å². The van der Waals surface area contributed by atoms with Gasteiger partial charge in [-0.05, 0) is 55.6 Å². The minimum atomic E-state index is -0.849. The molecule has 0 saturated heterocycles. The van der Waals surface area contributed by atoms with Crippen LogP contribution in [0.2, 0.25) is 0 Å². The molecule has 3 rings (SSSR count). The van der Waals surface area contributed by atoms with E-state index in [1.165, 1.54) is 12.8 Å². The van der Waals surface area contributed by atoms with E-state index >= 15 is 0 Å². The average Bonchev–Trinajstić information content (AvgIpc) is 3.26. The van der Waals surface area contributed by atoms with Crippen molar-refractivity contribution in [3.8, 4) is 5.75 Å². The first kappa shape index (κ1) is 12.6. The van der Waals surface area contributed by atoms with Crippen LogP contribution in [0.4, 0.5) is 8.78 Å². The quantitative estimate of drug-likeness (QED) is 0.697. The van der Waals surface area contributed by atoms with Crippen LogP contribution in [0.1, 0.15) is 31.2 Å². The Hall–Kier alpha value is -1.38. The van der Waals surface area contributed by atoms with E-state index in [4.69, 9.17) is 4.74 Å². The number of hydrogen-bond donors (Lipinski definition) is 0. The molecule has 0 spiro atoms. The lowest BCUT2D eigenvalue weighted by Crippen LogP contribution is -2.03. The average molecular weight is 264 g/mol. The van der Waals surface area contributed by atoms with Gasteiger partial charge in [-0.2, -0.15) is 4.39 Å². The monoisotopic (exact) mass is 264 g/mol. The number of benzene rings is 1. The minimum absolute atomic E-state index is 0.0410. The zero-order chi connectivity index (χ0) is 13.2. The zero-order valence-corrected chi connectivity index (χ0v) is 10.9. The van der Waals surface area contributed by atoms with E-state index in [1.54, 1.807) is 12.1 Å². The van der Waals surface area contributed by atoms with Crippen LogP contribution in [0, 0.1) is 23.5 Å². The number of ether oxygens (including phenoxy) is 1. The van der Waals surface area contributed by atoms with E-state index in [2.05, 4.69) is 6.08 Å². The van der Waals surface area contributed by atoms with Gasteiger partial charge in [0.05, 0.1) is 6.61 Å². The fraction of sp³-hybridized carbons (Fsp3) is 0.500. The third-order valence-electron chi connectivity index (χ3n) is 3.67. The second-order valence-electron chi connectivity index (χ2n) is 5.57. The van der Waals surface area contributed by atoms with Gasteiger partial charge in [0, 0.05) is 0 Å². The summed E-state index contributed by atoms with van der Waals surface area (Å²) in [4.78, 5) is 0. The number of allylic oxidation sites excluding steroid dienone is 2. The van der Waals surface area contributed by atoms with Crippen molar-refractivity contribution in [2.45, 2.75) is 32.1 Å². The Bertz CT molecular complexity index is 488. The van der Waals surface area contributed by atoms with E-state index in [-0.39, 0.29) is 5.75 Å². The van der Waals surface area contributed by atoms with Crippen molar-refractivity contribution in [3.63, 3.8) is 0 Å². The maximum atomic E-state index is 13.9. The van der Waals surface area contributed by atoms with Gasteiger partial charge in [-0.3, -0.25) is 0 Å². The highest BCUT2D eigenvalue weighted by atomic mass is 19.2. The van der Waals surface area contributed by atoms with E-state index in [0.717, 1.165) is 12.8 Å². The van der Waals surface area contributed by atoms with Gasteiger partial charge in [0.1, 0.15) is 0 Å². The number of rotatable bonds is 6. The lowest BCUT2D eigenvalue weighted by molar-refractivity contribution is 0.280. The van der Waals surface area contributed by atoms with Crippen molar-refractivity contribution in [2.24, 2.45) is 11.8 Å². The van der Waals surface area contributed by atoms with Gasteiger partial charge in [-0.1, -0.05) is 18.2 Å². The highest BCUT2D eigenvalue weighted by molar-refractivity contribution is 5.32. The van der Waals surface area contributed by atoms with Crippen molar-refractivity contribution in [1.29, 1.82) is 0 Å². The molecule has 0 atom stereocenters. The van der Waals surface area contributed by atoms with Crippen LogP contribution in [-0.4, -0.2) is 6.61 Å². The molecular weight excluding hydrogens is 246 g/mol. The van der Waals surface area contributed by atoms with Gasteiger partial charge in [0.15, 0.2) is 11.6 Å². The molecule has 102 valence electrons. The summed E-state index contributed by atoms with van der Waals surface area (Å²) in [6, 6.07) is 3.17. The van der Waals surface area contributed by atoms with Gasteiger partial charge in [-0.25, -0.2) is 4.39 Å². The second kappa shape index (κ2) is 5.32. The third-order valence-corrected chi connectivity index (χ3v) is 3.67. The van der Waals surface area contributed by atoms with Crippen LogP contribution < -0.4 is 4.74 Å².